The first-order chi connectivity index (χ1) is 13.3. The molecule has 0 aliphatic rings. The van der Waals surface area contributed by atoms with Gasteiger partial charge in [-0.1, -0.05) is 46.4 Å². The molecular weight excluding hydrogens is 444 g/mol. The summed E-state index contributed by atoms with van der Waals surface area (Å²) in [5, 5.41) is 0.579. The van der Waals surface area contributed by atoms with E-state index in [2.05, 4.69) is 32.5 Å². The summed E-state index contributed by atoms with van der Waals surface area (Å²) in [7, 11) is 3.06. The van der Waals surface area contributed by atoms with Crippen molar-refractivity contribution in [3.05, 3.63) is 67.9 Å². The smallest absolute Gasteiger partial charge is 0.332 e. The Morgan fingerprint density at radius 1 is 1.36 bits per heavy atom. The van der Waals surface area contributed by atoms with Crippen molar-refractivity contribution in [2.24, 2.45) is 24.8 Å². The van der Waals surface area contributed by atoms with Crippen molar-refractivity contribution in [1.29, 1.82) is 0 Å². The number of nitrogens with two attached hydrogens (primary N) is 1. The molecule has 3 rings (SSSR count). The van der Waals surface area contributed by atoms with E-state index in [4.69, 9.17) is 5.73 Å². The number of aliphatic imine (C=N–C) groups is 1. The van der Waals surface area contributed by atoms with Crippen LogP contribution in [0.25, 0.3) is 11.2 Å². The number of hydrogen-bond donors (Lipinski definition) is 1. The van der Waals surface area contributed by atoms with E-state index in [1.807, 2.05) is 28.8 Å². The van der Waals surface area contributed by atoms with Crippen molar-refractivity contribution in [1.82, 2.24) is 18.7 Å². The van der Waals surface area contributed by atoms with E-state index in [1.165, 1.54) is 29.6 Å². The first kappa shape index (κ1) is 20.2. The lowest BCUT2D eigenvalue weighted by Crippen LogP contribution is -2.37. The van der Waals surface area contributed by atoms with Gasteiger partial charge in [0.2, 0.25) is 0 Å². The van der Waals surface area contributed by atoms with Gasteiger partial charge in [-0.25, -0.2) is 14.8 Å². The molecule has 1 aromatic carbocycles. The van der Waals surface area contributed by atoms with Gasteiger partial charge in [-0.2, -0.15) is 0 Å². The number of rotatable bonds is 6. The van der Waals surface area contributed by atoms with Crippen LogP contribution in [-0.4, -0.2) is 30.3 Å². The lowest BCUT2D eigenvalue weighted by Gasteiger charge is -2.10. The van der Waals surface area contributed by atoms with Gasteiger partial charge in [-0.05, 0) is 17.7 Å². The van der Waals surface area contributed by atoms with Gasteiger partial charge in [0, 0.05) is 24.8 Å². The molecule has 2 heterocycles. The van der Waals surface area contributed by atoms with Crippen molar-refractivity contribution in [2.45, 2.75) is 11.7 Å². The second-order valence-corrected chi connectivity index (χ2v) is 7.94. The third-order valence-corrected chi connectivity index (χ3v) is 5.65. The predicted octanol–water partition coefficient (Wildman–Crippen LogP) is 1.84. The Balaban J connectivity index is 2.20. The highest BCUT2D eigenvalue weighted by Crippen LogP contribution is 2.23. The van der Waals surface area contributed by atoms with Gasteiger partial charge in [0.1, 0.15) is 5.84 Å². The Morgan fingerprint density at radius 3 is 2.79 bits per heavy atom. The average Bonchev–Trinajstić information content (AvgIpc) is 3.02. The molecule has 28 heavy (non-hydrogen) atoms. The van der Waals surface area contributed by atoms with E-state index in [0.717, 1.165) is 14.6 Å². The second-order valence-electron chi connectivity index (χ2n) is 6.08. The zero-order chi connectivity index (χ0) is 20.4. The molecule has 0 saturated carbocycles. The standard InChI is InChI=1S/C18H19BrN6O2S/c1-4-21-13(20)10-28-17-22-15-14(16(26)24(3)18(27)23(15)2)25(17)9-11-6-5-7-12(19)8-11/h4-8H,1,9-10H2,2-3H3,(H2,20,21). The maximum absolute atomic E-state index is 12.8. The van der Waals surface area contributed by atoms with E-state index in [1.54, 1.807) is 7.05 Å². The SMILES string of the molecule is C=C/N=C(\N)CSc1nc2c(c(=O)n(C)c(=O)n2C)n1Cc1cccc(Br)c1. The summed E-state index contributed by atoms with van der Waals surface area (Å²) in [5.74, 6) is 0.769. The van der Waals surface area contributed by atoms with Crippen LogP contribution in [0.5, 0.6) is 0 Å². The van der Waals surface area contributed by atoms with Gasteiger partial charge in [0.25, 0.3) is 5.56 Å². The van der Waals surface area contributed by atoms with Crippen LogP contribution in [0.2, 0.25) is 0 Å². The molecule has 0 bridgehead atoms. The third-order valence-electron chi connectivity index (χ3n) is 4.15. The molecule has 0 atom stereocenters. The summed E-state index contributed by atoms with van der Waals surface area (Å²) >= 11 is 4.81. The van der Waals surface area contributed by atoms with Gasteiger partial charge in [-0.15, -0.1) is 0 Å². The van der Waals surface area contributed by atoms with Crippen molar-refractivity contribution in [2.75, 3.05) is 5.75 Å². The summed E-state index contributed by atoms with van der Waals surface area (Å²) in [6.07, 6.45) is 1.37. The number of imidazole rings is 1. The lowest BCUT2D eigenvalue weighted by atomic mass is 10.2. The second kappa shape index (κ2) is 8.19. The number of aryl methyl sites for hydroxylation is 1. The molecule has 0 amide bonds. The Morgan fingerprint density at radius 2 is 2.11 bits per heavy atom. The number of fused-ring (bicyclic) bond motifs is 1. The van der Waals surface area contributed by atoms with E-state index in [-0.39, 0.29) is 5.56 Å². The summed E-state index contributed by atoms with van der Waals surface area (Å²) < 4.78 is 5.21. The molecule has 10 heteroatoms. The zero-order valence-electron chi connectivity index (χ0n) is 15.4. The van der Waals surface area contributed by atoms with Crippen molar-refractivity contribution >= 4 is 44.7 Å². The molecule has 0 fully saturated rings. The maximum Gasteiger partial charge on any atom is 0.332 e. The van der Waals surface area contributed by atoms with Crippen molar-refractivity contribution < 1.29 is 0 Å². The molecule has 2 aromatic heterocycles. The highest BCUT2D eigenvalue weighted by molar-refractivity contribution is 9.10. The minimum atomic E-state index is -0.422. The minimum Gasteiger partial charge on any atom is -0.386 e. The minimum absolute atomic E-state index is 0.338. The van der Waals surface area contributed by atoms with Crippen LogP contribution in [0.15, 0.2) is 61.3 Å². The molecule has 3 aromatic rings. The predicted molar refractivity (Wildman–Crippen MR) is 116 cm³/mol. The molecule has 0 radical (unpaired) electrons. The normalized spacial score (nSPS) is 11.9. The summed E-state index contributed by atoms with van der Waals surface area (Å²) in [5.41, 5.74) is 6.73. The van der Waals surface area contributed by atoms with Crippen LogP contribution in [0.1, 0.15) is 5.56 Å². The van der Waals surface area contributed by atoms with Crippen LogP contribution >= 0.6 is 27.7 Å². The highest BCUT2D eigenvalue weighted by atomic mass is 79.9. The topological polar surface area (TPSA) is 100 Å². The Bertz CT molecular complexity index is 1210. The Labute approximate surface area is 173 Å². The van der Waals surface area contributed by atoms with Gasteiger partial charge in [-0.3, -0.25) is 13.9 Å². The quantitative estimate of drug-likeness (QED) is 0.342. The Hall–Kier alpha value is -2.59. The number of amidine groups is 1. The fourth-order valence-corrected chi connectivity index (χ4v) is 4.06. The molecule has 0 unspecified atom stereocenters. The molecule has 2 N–H and O–H groups in total. The summed E-state index contributed by atoms with van der Waals surface area (Å²) in [6.45, 7) is 3.95. The van der Waals surface area contributed by atoms with Crippen LogP contribution in [0.3, 0.4) is 0 Å². The molecule has 0 spiro atoms. The van der Waals surface area contributed by atoms with E-state index < -0.39 is 5.69 Å². The lowest BCUT2D eigenvalue weighted by molar-refractivity contribution is 0.696. The highest BCUT2D eigenvalue weighted by Gasteiger charge is 2.20. The molecule has 0 saturated heterocycles. The molecule has 146 valence electrons. The monoisotopic (exact) mass is 462 g/mol. The third kappa shape index (κ3) is 3.83. The number of aromatic nitrogens is 4. The van der Waals surface area contributed by atoms with Gasteiger partial charge >= 0.3 is 5.69 Å². The van der Waals surface area contributed by atoms with Gasteiger partial charge in [0.15, 0.2) is 16.3 Å². The fraction of sp³-hybridized carbons (Fsp3) is 0.222. The van der Waals surface area contributed by atoms with Crippen LogP contribution < -0.4 is 17.0 Å². The molecule has 0 aliphatic heterocycles. The number of hydrogen-bond acceptors (Lipinski definition) is 5. The van der Waals surface area contributed by atoms with Crippen LogP contribution in [0, 0.1) is 0 Å². The molecular formula is C18H19BrN6O2S. The maximum atomic E-state index is 12.8. The average molecular weight is 463 g/mol. The van der Waals surface area contributed by atoms with E-state index in [0.29, 0.717) is 34.5 Å². The van der Waals surface area contributed by atoms with Crippen LogP contribution in [0.4, 0.5) is 0 Å². The Kier molecular flexibility index (Phi) is 5.90. The van der Waals surface area contributed by atoms with Crippen LogP contribution in [-0.2, 0) is 20.6 Å². The summed E-state index contributed by atoms with van der Waals surface area (Å²) in [4.78, 5) is 33.6. The van der Waals surface area contributed by atoms with Crippen molar-refractivity contribution in [3.63, 3.8) is 0 Å². The largest absolute Gasteiger partial charge is 0.386 e. The van der Waals surface area contributed by atoms with Crippen molar-refractivity contribution in [3.8, 4) is 0 Å². The van der Waals surface area contributed by atoms with E-state index in [9.17, 15) is 9.59 Å². The van der Waals surface area contributed by atoms with Gasteiger partial charge in [0.05, 0.1) is 12.3 Å². The molecule has 0 aliphatic carbocycles. The fourth-order valence-electron chi connectivity index (χ4n) is 2.79. The number of nitrogens with zero attached hydrogens (tertiary/aromatic N) is 5. The van der Waals surface area contributed by atoms with Gasteiger partial charge < -0.3 is 10.3 Å². The summed E-state index contributed by atoms with van der Waals surface area (Å²) in [6, 6.07) is 7.79. The number of halogens is 1. The first-order valence-corrected chi connectivity index (χ1v) is 10.1. The first-order valence-electron chi connectivity index (χ1n) is 8.30. The zero-order valence-corrected chi connectivity index (χ0v) is 17.8. The van der Waals surface area contributed by atoms with E-state index >= 15 is 0 Å². The number of benzene rings is 1. The molecule has 8 nitrogen and oxygen atoms in total. The number of thioether (sulfide) groups is 1.